The lowest BCUT2D eigenvalue weighted by Gasteiger charge is -2.21. The van der Waals surface area contributed by atoms with E-state index in [1.54, 1.807) is 0 Å². The van der Waals surface area contributed by atoms with Crippen LogP contribution in [0, 0.1) is 0 Å². The van der Waals surface area contributed by atoms with E-state index in [0.29, 0.717) is 12.8 Å². The Labute approximate surface area is 177 Å². The second-order valence-corrected chi connectivity index (χ2v) is 7.92. The minimum Gasteiger partial charge on any atom is -0.393 e. The van der Waals surface area contributed by atoms with Gasteiger partial charge in [0.1, 0.15) is 6.10 Å². The monoisotopic (exact) mass is 422 g/mol. The zero-order chi connectivity index (χ0) is 21.7. The third kappa shape index (κ3) is 19.4. The number of unbranched alkanes of at least 4 members (excludes halogenated alkanes) is 12. The maximum absolute atomic E-state index is 9.93. The number of aliphatic hydroxyl groups is 5. The van der Waals surface area contributed by atoms with Crippen LogP contribution in [0.2, 0.25) is 0 Å². The summed E-state index contributed by atoms with van der Waals surface area (Å²) in [5, 5.41) is 46.0. The van der Waals surface area contributed by atoms with E-state index in [0.717, 1.165) is 12.8 Å². The van der Waals surface area contributed by atoms with Crippen molar-refractivity contribution in [3.8, 4) is 0 Å². The van der Waals surface area contributed by atoms with Gasteiger partial charge in [0, 0.05) is 0 Å². The molecule has 0 bridgehead atoms. The van der Waals surface area contributed by atoms with E-state index in [4.69, 9.17) is 24.8 Å². The van der Waals surface area contributed by atoms with Gasteiger partial charge in [-0.05, 0) is 12.8 Å². The number of aliphatic hydroxyl groups excluding tert-OH is 4. The van der Waals surface area contributed by atoms with Gasteiger partial charge in [-0.3, -0.25) is 0 Å². The fourth-order valence-corrected chi connectivity index (χ4v) is 3.24. The largest absolute Gasteiger partial charge is 0.393 e. The average molecular weight is 423 g/mol. The van der Waals surface area contributed by atoms with Crippen molar-refractivity contribution >= 4 is 0 Å². The van der Waals surface area contributed by atoms with Crippen LogP contribution >= 0.6 is 0 Å². The van der Waals surface area contributed by atoms with Gasteiger partial charge in [-0.1, -0.05) is 90.4 Å². The molecule has 0 aromatic carbocycles. The first-order chi connectivity index (χ1) is 14.0. The lowest BCUT2D eigenvalue weighted by molar-refractivity contribution is -0.312. The van der Waals surface area contributed by atoms with Crippen molar-refractivity contribution in [2.24, 2.45) is 0 Å². The van der Waals surface area contributed by atoms with Crippen molar-refractivity contribution < 1.29 is 35.0 Å². The van der Waals surface area contributed by atoms with Crippen LogP contribution in [0.5, 0.6) is 0 Å². The van der Waals surface area contributed by atoms with Crippen molar-refractivity contribution in [1.82, 2.24) is 0 Å². The molecule has 0 radical (unpaired) electrons. The van der Waals surface area contributed by atoms with Gasteiger partial charge in [0.25, 0.3) is 6.48 Å². The first-order valence-electron chi connectivity index (χ1n) is 11.6. The number of ether oxygens (including phenoxy) is 2. The standard InChI is InChI=1S/C22H46O7/c1-2-3-4-5-6-7-8-9-10-11-12-13-14-15-19(24)16-17-28-22(27)29-20(18-23)21(25)26/h19-27H,2-18H2,1H3. The second kappa shape index (κ2) is 21.0. The van der Waals surface area contributed by atoms with E-state index in [2.05, 4.69) is 6.92 Å². The second-order valence-electron chi connectivity index (χ2n) is 7.92. The molecule has 0 saturated heterocycles. The normalized spacial score (nSPS) is 15.0. The molecule has 0 aliphatic rings. The Balaban J connectivity index is 3.38. The summed E-state index contributed by atoms with van der Waals surface area (Å²) in [6.07, 6.45) is 14.1. The van der Waals surface area contributed by atoms with Crippen LogP contribution in [0.3, 0.4) is 0 Å². The smallest absolute Gasteiger partial charge is 0.269 e. The van der Waals surface area contributed by atoms with Crippen LogP contribution in [-0.2, 0) is 9.47 Å². The molecular formula is C22H46O7. The van der Waals surface area contributed by atoms with Crippen LogP contribution < -0.4 is 0 Å². The summed E-state index contributed by atoms with van der Waals surface area (Å²) in [5.41, 5.74) is 0. The van der Waals surface area contributed by atoms with Gasteiger partial charge < -0.3 is 35.0 Å². The van der Waals surface area contributed by atoms with Gasteiger partial charge >= 0.3 is 0 Å². The van der Waals surface area contributed by atoms with E-state index in [-0.39, 0.29) is 6.61 Å². The average Bonchev–Trinajstić information content (AvgIpc) is 2.69. The van der Waals surface area contributed by atoms with Crippen LogP contribution in [0.25, 0.3) is 0 Å². The molecule has 0 saturated carbocycles. The Bertz CT molecular complexity index is 328. The van der Waals surface area contributed by atoms with Crippen molar-refractivity contribution in [1.29, 1.82) is 0 Å². The zero-order valence-corrected chi connectivity index (χ0v) is 18.4. The third-order valence-corrected chi connectivity index (χ3v) is 5.16. The lowest BCUT2D eigenvalue weighted by Crippen LogP contribution is -2.36. The van der Waals surface area contributed by atoms with E-state index in [1.165, 1.54) is 70.6 Å². The maximum Gasteiger partial charge on any atom is 0.269 e. The minimum absolute atomic E-state index is 0.0838. The molecule has 0 spiro atoms. The molecule has 0 aliphatic carbocycles. The Morgan fingerprint density at radius 1 is 0.655 bits per heavy atom. The van der Waals surface area contributed by atoms with Gasteiger partial charge in [0.2, 0.25) is 0 Å². The van der Waals surface area contributed by atoms with Gasteiger partial charge in [0.15, 0.2) is 6.29 Å². The van der Waals surface area contributed by atoms with E-state index in [9.17, 15) is 10.2 Å². The molecule has 0 aromatic heterocycles. The van der Waals surface area contributed by atoms with Crippen LogP contribution in [-0.4, -0.2) is 63.7 Å². The topological polar surface area (TPSA) is 120 Å². The van der Waals surface area contributed by atoms with Gasteiger partial charge in [-0.15, -0.1) is 0 Å². The molecule has 5 N–H and O–H groups in total. The molecule has 0 aliphatic heterocycles. The predicted octanol–water partition coefficient (Wildman–Crippen LogP) is 3.20. The summed E-state index contributed by atoms with van der Waals surface area (Å²) in [7, 11) is 0. The Morgan fingerprint density at radius 2 is 1.14 bits per heavy atom. The van der Waals surface area contributed by atoms with Crippen LogP contribution in [0.4, 0.5) is 0 Å². The van der Waals surface area contributed by atoms with Crippen molar-refractivity contribution in [3.05, 3.63) is 0 Å². The molecule has 176 valence electrons. The highest BCUT2D eigenvalue weighted by molar-refractivity contribution is 4.58. The van der Waals surface area contributed by atoms with E-state index < -0.39 is 31.6 Å². The summed E-state index contributed by atoms with van der Waals surface area (Å²) in [6.45, 7) is 0.0118. The lowest BCUT2D eigenvalue weighted by atomic mass is 10.0. The van der Waals surface area contributed by atoms with Gasteiger partial charge in [0.05, 0.1) is 19.3 Å². The highest BCUT2D eigenvalue weighted by Gasteiger charge is 2.20. The number of rotatable bonds is 22. The van der Waals surface area contributed by atoms with Crippen molar-refractivity contribution in [2.45, 2.75) is 128 Å². The summed E-state index contributed by atoms with van der Waals surface area (Å²) in [4.78, 5) is 0. The highest BCUT2D eigenvalue weighted by atomic mass is 16.8. The molecule has 0 aromatic rings. The molecule has 3 atom stereocenters. The quantitative estimate of drug-likeness (QED) is 0.134. The highest BCUT2D eigenvalue weighted by Crippen LogP contribution is 2.14. The third-order valence-electron chi connectivity index (χ3n) is 5.16. The van der Waals surface area contributed by atoms with Gasteiger partial charge in [-0.2, -0.15) is 0 Å². The molecule has 3 unspecified atom stereocenters. The number of hydrogen-bond donors (Lipinski definition) is 5. The van der Waals surface area contributed by atoms with Crippen LogP contribution in [0.15, 0.2) is 0 Å². The Hall–Kier alpha value is -0.280. The zero-order valence-electron chi connectivity index (χ0n) is 18.4. The summed E-state index contributed by atoms with van der Waals surface area (Å²) >= 11 is 0. The Morgan fingerprint density at radius 3 is 1.59 bits per heavy atom. The maximum atomic E-state index is 9.93. The molecule has 29 heavy (non-hydrogen) atoms. The van der Waals surface area contributed by atoms with Crippen LogP contribution in [0.1, 0.15) is 103 Å². The van der Waals surface area contributed by atoms with Gasteiger partial charge in [-0.25, -0.2) is 0 Å². The van der Waals surface area contributed by atoms with E-state index >= 15 is 0 Å². The summed E-state index contributed by atoms with van der Waals surface area (Å²) < 4.78 is 9.68. The number of hydrogen-bond acceptors (Lipinski definition) is 7. The molecule has 0 rings (SSSR count). The molecule has 0 fully saturated rings. The molecule has 0 amide bonds. The van der Waals surface area contributed by atoms with E-state index in [1.807, 2.05) is 0 Å². The summed E-state index contributed by atoms with van der Waals surface area (Å²) in [6, 6.07) is 0. The Kier molecular flexibility index (Phi) is 20.8. The minimum atomic E-state index is -1.90. The fraction of sp³-hybridized carbons (Fsp3) is 1.00. The molecule has 7 heteroatoms. The SMILES string of the molecule is CCCCCCCCCCCCCCCC(O)CCOC(O)OC(CO)C(O)O. The first kappa shape index (κ1) is 28.7. The fourth-order valence-electron chi connectivity index (χ4n) is 3.24. The van der Waals surface area contributed by atoms with Crippen molar-refractivity contribution in [3.63, 3.8) is 0 Å². The first-order valence-corrected chi connectivity index (χ1v) is 11.6. The predicted molar refractivity (Wildman–Crippen MR) is 113 cm³/mol. The summed E-state index contributed by atoms with van der Waals surface area (Å²) in [5.74, 6) is 0. The molecular weight excluding hydrogens is 376 g/mol. The molecule has 7 nitrogen and oxygen atoms in total. The van der Waals surface area contributed by atoms with Crippen molar-refractivity contribution in [2.75, 3.05) is 13.2 Å². The molecule has 0 heterocycles.